The van der Waals surface area contributed by atoms with E-state index < -0.39 is 23.8 Å². The molecule has 0 saturated carbocycles. The fraction of sp³-hybridized carbons (Fsp3) is 0.0417. The average molecular weight is 707 g/mol. The summed E-state index contributed by atoms with van der Waals surface area (Å²) in [5.41, 5.74) is 4.17. The van der Waals surface area contributed by atoms with Crippen molar-refractivity contribution in [3.8, 4) is 0 Å². The maximum Gasteiger partial charge on any atom is 0.0587 e. The van der Waals surface area contributed by atoms with Crippen molar-refractivity contribution >= 4 is 50.3 Å². The fourth-order valence-electron chi connectivity index (χ4n) is 8.08. The van der Waals surface area contributed by atoms with Crippen molar-refractivity contribution in [3.63, 3.8) is 0 Å². The van der Waals surface area contributed by atoms with Crippen LogP contribution in [0.25, 0.3) is 5.31 Å². The normalized spacial score (nSPS) is 17.6. The molecule has 0 amide bonds. The standard InChI is InChI=1S/C48H37P3/c1-8-22-37(23-9-1)45-36-44-46(49(40-28-14-4-15-29-40)41-30-16-5-17-31-41)47(50(42-32-18-6-19-33-42)43-34-20-7-21-35-43)51(45)48(44,38-24-10-2-11-25-38)39-26-12-3-13-27-39/h1-36,44H. The summed E-state index contributed by atoms with van der Waals surface area (Å²) in [5, 5.41) is 10.2. The second-order valence-electron chi connectivity index (χ2n) is 13.0. The molecule has 0 N–H and O–H groups in total. The van der Waals surface area contributed by atoms with Crippen LogP contribution in [0.5, 0.6) is 0 Å². The van der Waals surface area contributed by atoms with E-state index in [1.165, 1.54) is 43.2 Å². The number of fused-ring (bicyclic) bond motifs is 2. The van der Waals surface area contributed by atoms with Gasteiger partial charge in [-0.15, -0.1) is 0 Å². The minimum atomic E-state index is -0.926. The van der Waals surface area contributed by atoms with Crippen molar-refractivity contribution in [2.45, 2.75) is 5.16 Å². The largest absolute Gasteiger partial charge is 0.0666 e. The van der Waals surface area contributed by atoms with Crippen molar-refractivity contribution in [1.82, 2.24) is 0 Å². The Balaban J connectivity index is 1.45. The van der Waals surface area contributed by atoms with Crippen LogP contribution >= 0.6 is 23.8 Å². The molecule has 0 radical (unpaired) electrons. The summed E-state index contributed by atoms with van der Waals surface area (Å²) in [6, 6.07) is 79.9. The minimum Gasteiger partial charge on any atom is -0.0666 e. The van der Waals surface area contributed by atoms with Gasteiger partial charge in [0.1, 0.15) is 0 Å². The maximum absolute atomic E-state index is 2.71. The lowest BCUT2D eigenvalue weighted by Crippen LogP contribution is -2.30. The smallest absolute Gasteiger partial charge is 0.0587 e. The van der Waals surface area contributed by atoms with E-state index in [0.717, 1.165) is 0 Å². The quantitative estimate of drug-likeness (QED) is 0.131. The lowest BCUT2D eigenvalue weighted by molar-refractivity contribution is 0.632. The summed E-state index contributed by atoms with van der Waals surface area (Å²) >= 11 is 0. The second-order valence-corrected chi connectivity index (χ2v) is 19.9. The highest BCUT2D eigenvalue weighted by molar-refractivity contribution is 7.95. The van der Waals surface area contributed by atoms with Gasteiger partial charge in [-0.05, 0) is 77.4 Å². The molecule has 0 fully saturated rings. The zero-order chi connectivity index (χ0) is 34.0. The molecule has 2 atom stereocenters. The van der Waals surface area contributed by atoms with E-state index in [1.54, 1.807) is 10.4 Å². The Hall–Kier alpha value is -4.69. The topological polar surface area (TPSA) is 0 Å². The zero-order valence-corrected chi connectivity index (χ0v) is 30.9. The molecule has 2 aliphatic heterocycles. The number of benzene rings is 7. The van der Waals surface area contributed by atoms with Crippen LogP contribution in [-0.4, -0.2) is 0 Å². The molecule has 2 heterocycles. The molecule has 3 heteroatoms. The number of rotatable bonds is 9. The van der Waals surface area contributed by atoms with Crippen molar-refractivity contribution in [3.05, 3.63) is 245 Å². The van der Waals surface area contributed by atoms with Crippen LogP contribution in [0, 0.1) is 5.92 Å². The first-order valence-electron chi connectivity index (χ1n) is 17.6. The highest BCUT2D eigenvalue weighted by Gasteiger charge is 2.63. The van der Waals surface area contributed by atoms with Gasteiger partial charge < -0.3 is 0 Å². The Morgan fingerprint density at radius 1 is 0.373 bits per heavy atom. The van der Waals surface area contributed by atoms with Crippen LogP contribution < -0.4 is 21.2 Å². The van der Waals surface area contributed by atoms with Crippen LogP contribution in [0.4, 0.5) is 0 Å². The summed E-state index contributed by atoms with van der Waals surface area (Å²) < 4.78 is 0. The molecule has 7 aromatic rings. The molecular weight excluding hydrogens is 669 g/mol. The minimum absolute atomic E-state index is 0.169. The van der Waals surface area contributed by atoms with Crippen LogP contribution in [0.3, 0.4) is 0 Å². The van der Waals surface area contributed by atoms with E-state index in [9.17, 15) is 0 Å². The Bertz CT molecular complexity index is 2170. The van der Waals surface area contributed by atoms with Gasteiger partial charge in [0.25, 0.3) is 0 Å². The Morgan fingerprint density at radius 2 is 0.706 bits per heavy atom. The number of hydrogen-bond acceptors (Lipinski definition) is 0. The second kappa shape index (κ2) is 14.1. The van der Waals surface area contributed by atoms with Gasteiger partial charge in [-0.3, -0.25) is 0 Å². The van der Waals surface area contributed by atoms with Crippen LogP contribution in [-0.2, 0) is 5.16 Å². The highest BCUT2D eigenvalue weighted by Crippen LogP contribution is 2.90. The third kappa shape index (κ3) is 5.59. The van der Waals surface area contributed by atoms with Gasteiger partial charge in [-0.1, -0.05) is 218 Å². The van der Waals surface area contributed by atoms with E-state index in [4.69, 9.17) is 0 Å². The molecule has 2 bridgehead atoms. The zero-order valence-electron chi connectivity index (χ0n) is 28.2. The van der Waals surface area contributed by atoms with Crippen LogP contribution in [0.2, 0.25) is 0 Å². The lowest BCUT2D eigenvalue weighted by Gasteiger charge is -2.40. The van der Waals surface area contributed by atoms with Gasteiger partial charge in [-0.25, -0.2) is 0 Å². The lowest BCUT2D eigenvalue weighted by atomic mass is 9.79. The van der Waals surface area contributed by atoms with Gasteiger partial charge in [0.2, 0.25) is 0 Å². The predicted molar refractivity (Wildman–Crippen MR) is 224 cm³/mol. The number of allylic oxidation sites excluding steroid dienone is 2. The van der Waals surface area contributed by atoms with E-state index in [1.807, 2.05) is 0 Å². The SMILES string of the molecule is C1=C(c2ccccc2)P2C(P(c3ccccc3)c3ccccc3)=C(P(c3ccccc3)c3ccccc3)C1C2(c1ccccc1)c1ccccc1. The molecule has 0 aliphatic carbocycles. The van der Waals surface area contributed by atoms with E-state index >= 15 is 0 Å². The van der Waals surface area contributed by atoms with Gasteiger partial charge in [0, 0.05) is 5.92 Å². The molecule has 2 unspecified atom stereocenters. The predicted octanol–water partition coefficient (Wildman–Crippen LogP) is 11.5. The molecule has 244 valence electrons. The third-order valence-corrected chi connectivity index (χ3v) is 19.6. The summed E-state index contributed by atoms with van der Waals surface area (Å²) in [7, 11) is -2.70. The Kier molecular flexibility index (Phi) is 8.94. The van der Waals surface area contributed by atoms with Gasteiger partial charge >= 0.3 is 0 Å². The molecule has 7 aromatic carbocycles. The van der Waals surface area contributed by atoms with Crippen LogP contribution in [0.1, 0.15) is 16.7 Å². The first kappa shape index (κ1) is 32.2. The monoisotopic (exact) mass is 706 g/mol. The molecule has 9 rings (SSSR count). The summed E-state index contributed by atoms with van der Waals surface area (Å²) in [6.07, 6.45) is 2.71. The molecule has 51 heavy (non-hydrogen) atoms. The summed E-state index contributed by atoms with van der Waals surface area (Å²) in [5.74, 6) is 0.169. The Labute approximate surface area is 305 Å². The summed E-state index contributed by atoms with van der Waals surface area (Å²) in [6.45, 7) is 0. The molecular formula is C48H37P3. The van der Waals surface area contributed by atoms with E-state index in [-0.39, 0.29) is 11.1 Å². The van der Waals surface area contributed by atoms with Crippen LogP contribution in [0.15, 0.2) is 229 Å². The van der Waals surface area contributed by atoms with Crippen molar-refractivity contribution in [1.29, 1.82) is 0 Å². The van der Waals surface area contributed by atoms with Gasteiger partial charge in [0.15, 0.2) is 0 Å². The first-order chi connectivity index (χ1) is 25.4. The molecule has 2 aliphatic rings. The van der Waals surface area contributed by atoms with E-state index in [0.29, 0.717) is 0 Å². The van der Waals surface area contributed by atoms with E-state index in [2.05, 4.69) is 218 Å². The van der Waals surface area contributed by atoms with Crippen molar-refractivity contribution in [2.24, 2.45) is 5.92 Å². The fourth-order valence-corrected chi connectivity index (χ4v) is 19.6. The molecule has 0 spiro atoms. The third-order valence-electron chi connectivity index (χ3n) is 10.1. The maximum atomic E-state index is 2.71. The number of hydrogen-bond donors (Lipinski definition) is 0. The van der Waals surface area contributed by atoms with Crippen molar-refractivity contribution < 1.29 is 0 Å². The molecule has 0 nitrogen and oxygen atoms in total. The Morgan fingerprint density at radius 3 is 1.10 bits per heavy atom. The summed E-state index contributed by atoms with van der Waals surface area (Å²) in [4.78, 5) is 0. The molecule has 0 saturated heterocycles. The molecule has 0 aromatic heterocycles. The first-order valence-corrected chi connectivity index (χ1v) is 21.6. The highest BCUT2D eigenvalue weighted by atomic mass is 31.2. The van der Waals surface area contributed by atoms with Gasteiger partial charge in [-0.2, -0.15) is 0 Å². The average Bonchev–Trinajstić information content (AvgIpc) is 3.71. The van der Waals surface area contributed by atoms with Crippen molar-refractivity contribution in [2.75, 3.05) is 0 Å². The van der Waals surface area contributed by atoms with Gasteiger partial charge in [0.05, 0.1) is 5.16 Å².